The molecule has 1 saturated heterocycles. The fourth-order valence-electron chi connectivity index (χ4n) is 2.15. The molecule has 2 rings (SSSR count). The number of piperazine rings is 1. The molecular formula is C12H13ClF3N3O2. The molecule has 0 aromatic carbocycles. The smallest absolute Gasteiger partial charge is 0.401 e. The van der Waals surface area contributed by atoms with Gasteiger partial charge in [0, 0.05) is 32.4 Å². The summed E-state index contributed by atoms with van der Waals surface area (Å²) in [7, 11) is 0. The van der Waals surface area contributed by atoms with Crippen LogP contribution in [0, 0.1) is 0 Å². The third-order valence-electron chi connectivity index (χ3n) is 3.14. The molecule has 9 heteroatoms. The highest BCUT2D eigenvalue weighted by atomic mass is 35.5. The van der Waals surface area contributed by atoms with E-state index in [-0.39, 0.29) is 23.7 Å². The van der Waals surface area contributed by atoms with E-state index in [4.69, 9.17) is 16.7 Å². The molecule has 0 saturated carbocycles. The number of aromatic nitrogens is 1. The summed E-state index contributed by atoms with van der Waals surface area (Å²) in [5.74, 6) is -0.737. The molecule has 1 N–H and O–H groups in total. The van der Waals surface area contributed by atoms with E-state index >= 15 is 0 Å². The highest BCUT2D eigenvalue weighted by Crippen LogP contribution is 2.26. The SMILES string of the molecule is O=C(O)c1cnc(N2CCN(CC(F)(F)F)CC2)c(Cl)c1. The molecule has 1 aliphatic rings. The van der Waals surface area contributed by atoms with Crippen LogP contribution in [-0.4, -0.2) is 59.9 Å². The number of alkyl halides is 3. The number of nitrogens with zero attached hydrogens (tertiary/aromatic N) is 3. The topological polar surface area (TPSA) is 56.7 Å². The first-order valence-corrected chi connectivity index (χ1v) is 6.57. The first-order chi connectivity index (χ1) is 9.76. The molecule has 0 atom stereocenters. The Morgan fingerprint density at radius 2 is 1.95 bits per heavy atom. The molecule has 1 aliphatic heterocycles. The predicted molar refractivity (Wildman–Crippen MR) is 70.9 cm³/mol. The van der Waals surface area contributed by atoms with Gasteiger partial charge >= 0.3 is 12.1 Å². The van der Waals surface area contributed by atoms with Crippen LogP contribution in [0.4, 0.5) is 19.0 Å². The van der Waals surface area contributed by atoms with Gasteiger partial charge in [0.25, 0.3) is 0 Å². The summed E-state index contributed by atoms with van der Waals surface area (Å²) in [5.41, 5.74) is -0.0283. The number of pyridine rings is 1. The first kappa shape index (κ1) is 15.8. The molecule has 116 valence electrons. The van der Waals surface area contributed by atoms with E-state index in [9.17, 15) is 18.0 Å². The van der Waals surface area contributed by atoms with Crippen LogP contribution in [0.1, 0.15) is 10.4 Å². The number of anilines is 1. The van der Waals surface area contributed by atoms with Gasteiger partial charge in [-0.1, -0.05) is 11.6 Å². The van der Waals surface area contributed by atoms with Gasteiger partial charge in [0.2, 0.25) is 0 Å². The molecule has 0 aliphatic carbocycles. The van der Waals surface area contributed by atoms with Gasteiger partial charge in [0.15, 0.2) is 0 Å². The van der Waals surface area contributed by atoms with Crippen molar-refractivity contribution in [3.63, 3.8) is 0 Å². The fourth-order valence-corrected chi connectivity index (χ4v) is 2.44. The Morgan fingerprint density at radius 3 is 2.43 bits per heavy atom. The summed E-state index contributed by atoms with van der Waals surface area (Å²) in [6, 6.07) is 1.29. The zero-order valence-corrected chi connectivity index (χ0v) is 11.7. The van der Waals surface area contributed by atoms with Crippen molar-refractivity contribution < 1.29 is 23.1 Å². The number of carbonyl (C=O) groups is 1. The van der Waals surface area contributed by atoms with Gasteiger partial charge in [-0.05, 0) is 6.07 Å². The maximum absolute atomic E-state index is 12.3. The van der Waals surface area contributed by atoms with Crippen LogP contribution < -0.4 is 4.90 Å². The average molecular weight is 324 g/mol. The zero-order chi connectivity index (χ0) is 15.6. The Bertz CT molecular complexity index is 531. The van der Waals surface area contributed by atoms with Gasteiger partial charge in [0.05, 0.1) is 17.1 Å². The summed E-state index contributed by atoms with van der Waals surface area (Å²) < 4.78 is 36.9. The van der Waals surface area contributed by atoms with Gasteiger partial charge in [-0.25, -0.2) is 9.78 Å². The Balaban J connectivity index is 2.01. The second-order valence-electron chi connectivity index (χ2n) is 4.71. The lowest BCUT2D eigenvalue weighted by molar-refractivity contribution is -0.146. The quantitative estimate of drug-likeness (QED) is 0.923. The Labute approximate surface area is 123 Å². The summed E-state index contributed by atoms with van der Waals surface area (Å²) in [6.45, 7) is 0.279. The molecule has 5 nitrogen and oxygen atoms in total. The largest absolute Gasteiger partial charge is 0.478 e. The van der Waals surface area contributed by atoms with Crippen molar-refractivity contribution in [2.75, 3.05) is 37.6 Å². The number of carboxylic acid groups (broad SMARTS) is 1. The fraction of sp³-hybridized carbons (Fsp3) is 0.500. The predicted octanol–water partition coefficient (Wildman–Crippen LogP) is 2.12. The number of hydrogen-bond acceptors (Lipinski definition) is 4. The van der Waals surface area contributed by atoms with E-state index in [0.717, 1.165) is 0 Å². The molecule has 1 fully saturated rings. The van der Waals surface area contributed by atoms with Gasteiger partial charge in [-0.3, -0.25) is 4.90 Å². The van der Waals surface area contributed by atoms with Crippen molar-refractivity contribution in [2.24, 2.45) is 0 Å². The normalized spacial score (nSPS) is 17.0. The third-order valence-corrected chi connectivity index (χ3v) is 3.42. The minimum Gasteiger partial charge on any atom is -0.478 e. The second kappa shape index (κ2) is 6.07. The number of halogens is 4. The molecule has 0 unspecified atom stereocenters. The number of aromatic carboxylic acids is 1. The zero-order valence-electron chi connectivity index (χ0n) is 10.9. The molecular weight excluding hydrogens is 311 g/mol. The van der Waals surface area contributed by atoms with Gasteiger partial charge < -0.3 is 10.0 Å². The summed E-state index contributed by atoms with van der Waals surface area (Å²) >= 11 is 5.99. The third kappa shape index (κ3) is 4.21. The molecule has 0 amide bonds. The van der Waals surface area contributed by atoms with E-state index in [1.165, 1.54) is 17.2 Å². The van der Waals surface area contributed by atoms with Crippen molar-refractivity contribution in [1.82, 2.24) is 9.88 Å². The van der Waals surface area contributed by atoms with E-state index in [1.807, 2.05) is 0 Å². The van der Waals surface area contributed by atoms with Crippen LogP contribution >= 0.6 is 11.6 Å². The minimum atomic E-state index is -4.21. The molecule has 0 bridgehead atoms. The molecule has 0 radical (unpaired) electrons. The number of carboxylic acids is 1. The van der Waals surface area contributed by atoms with Gasteiger partial charge in [-0.15, -0.1) is 0 Å². The van der Waals surface area contributed by atoms with Crippen LogP contribution in [0.5, 0.6) is 0 Å². The number of rotatable bonds is 3. The van der Waals surface area contributed by atoms with Crippen molar-refractivity contribution in [1.29, 1.82) is 0 Å². The highest BCUT2D eigenvalue weighted by molar-refractivity contribution is 6.33. The lowest BCUT2D eigenvalue weighted by Crippen LogP contribution is -2.49. The van der Waals surface area contributed by atoms with Crippen molar-refractivity contribution in [3.05, 3.63) is 22.8 Å². The van der Waals surface area contributed by atoms with Crippen LogP contribution in [0.3, 0.4) is 0 Å². The van der Waals surface area contributed by atoms with E-state index in [2.05, 4.69) is 4.98 Å². The van der Waals surface area contributed by atoms with Gasteiger partial charge in [0.1, 0.15) is 5.82 Å². The van der Waals surface area contributed by atoms with E-state index < -0.39 is 18.7 Å². The lowest BCUT2D eigenvalue weighted by Gasteiger charge is -2.35. The standard InChI is InChI=1S/C12H13ClF3N3O2/c13-9-5-8(11(20)21)6-17-10(9)19-3-1-18(2-4-19)7-12(14,15)16/h5-6H,1-4,7H2,(H,20,21). The van der Waals surface area contributed by atoms with E-state index in [0.29, 0.717) is 18.9 Å². The first-order valence-electron chi connectivity index (χ1n) is 6.19. The molecule has 1 aromatic heterocycles. The maximum atomic E-state index is 12.3. The summed E-state index contributed by atoms with van der Waals surface area (Å²) in [6.07, 6.45) is -3.02. The summed E-state index contributed by atoms with van der Waals surface area (Å²) in [5, 5.41) is 9.01. The number of hydrogen-bond donors (Lipinski definition) is 1. The Hall–Kier alpha value is -1.54. The van der Waals surface area contributed by atoms with Crippen LogP contribution in [-0.2, 0) is 0 Å². The summed E-state index contributed by atoms with van der Waals surface area (Å²) in [4.78, 5) is 17.9. The molecule has 0 spiro atoms. The molecule has 1 aromatic rings. The van der Waals surface area contributed by atoms with Crippen LogP contribution in [0.15, 0.2) is 12.3 Å². The Kier molecular flexibility index (Phi) is 4.58. The monoisotopic (exact) mass is 323 g/mol. The molecule has 21 heavy (non-hydrogen) atoms. The average Bonchev–Trinajstić information content (AvgIpc) is 2.38. The van der Waals surface area contributed by atoms with Crippen molar-refractivity contribution in [3.8, 4) is 0 Å². The van der Waals surface area contributed by atoms with Crippen LogP contribution in [0.2, 0.25) is 5.02 Å². The van der Waals surface area contributed by atoms with Crippen LogP contribution in [0.25, 0.3) is 0 Å². The maximum Gasteiger partial charge on any atom is 0.401 e. The van der Waals surface area contributed by atoms with E-state index in [1.54, 1.807) is 4.90 Å². The lowest BCUT2D eigenvalue weighted by atomic mass is 10.2. The molecule has 2 heterocycles. The second-order valence-corrected chi connectivity index (χ2v) is 5.12. The highest BCUT2D eigenvalue weighted by Gasteiger charge is 2.32. The minimum absolute atomic E-state index is 0.0283. The van der Waals surface area contributed by atoms with Gasteiger partial charge in [-0.2, -0.15) is 13.2 Å². The Morgan fingerprint density at radius 1 is 1.33 bits per heavy atom. The van der Waals surface area contributed by atoms with Crippen molar-refractivity contribution >= 4 is 23.4 Å². The van der Waals surface area contributed by atoms with Crippen molar-refractivity contribution in [2.45, 2.75) is 6.18 Å².